The number of aromatic nitrogens is 1. The summed E-state index contributed by atoms with van der Waals surface area (Å²) >= 11 is 0. The number of carbonyl (C=O) groups is 2. The van der Waals surface area contributed by atoms with Crippen LogP contribution in [0.3, 0.4) is 0 Å². The van der Waals surface area contributed by atoms with Gasteiger partial charge in [0.25, 0.3) is 0 Å². The maximum Gasteiger partial charge on any atom is 0.243 e. The Hall–Kier alpha value is -3.80. The van der Waals surface area contributed by atoms with E-state index in [1.165, 1.54) is 29.2 Å². The van der Waals surface area contributed by atoms with Gasteiger partial charge in [-0.05, 0) is 30.9 Å². The smallest absolute Gasteiger partial charge is 0.243 e. The summed E-state index contributed by atoms with van der Waals surface area (Å²) in [6.07, 6.45) is -0.899. The molecule has 0 saturated carbocycles. The number of nitrogens with one attached hydrogen (secondary N) is 1. The zero-order chi connectivity index (χ0) is 29.5. The fourth-order valence-corrected chi connectivity index (χ4v) is 4.94. The highest BCUT2D eigenvalue weighted by Crippen LogP contribution is 2.33. The number of benzene rings is 2. The van der Waals surface area contributed by atoms with Crippen molar-refractivity contribution in [3.63, 3.8) is 0 Å². The van der Waals surface area contributed by atoms with Gasteiger partial charge in [0.1, 0.15) is 17.7 Å². The Kier molecular flexibility index (Phi) is 8.29. The van der Waals surface area contributed by atoms with Crippen molar-refractivity contribution in [1.82, 2.24) is 15.4 Å². The number of nitrogens with zero attached hydrogens (tertiary/aromatic N) is 2. The summed E-state index contributed by atoms with van der Waals surface area (Å²) in [5, 5.41) is 16.9. The Morgan fingerprint density at radius 1 is 1.00 bits per heavy atom. The molecule has 4 atom stereocenters. The second-order valence-corrected chi connectivity index (χ2v) is 10.3. The van der Waals surface area contributed by atoms with Crippen molar-refractivity contribution >= 4 is 11.8 Å². The van der Waals surface area contributed by atoms with Crippen LogP contribution in [0.25, 0.3) is 11.1 Å². The van der Waals surface area contributed by atoms with Gasteiger partial charge in [-0.2, -0.15) is 0 Å². The molecule has 1 aromatic heterocycles. The predicted octanol–water partition coefficient (Wildman–Crippen LogP) is 4.92. The van der Waals surface area contributed by atoms with Crippen molar-refractivity contribution in [2.75, 3.05) is 6.54 Å². The van der Waals surface area contributed by atoms with E-state index in [4.69, 9.17) is 4.52 Å². The van der Waals surface area contributed by atoms with Gasteiger partial charge in [0.05, 0.1) is 23.4 Å². The fourth-order valence-electron chi connectivity index (χ4n) is 4.94. The third-order valence-electron chi connectivity index (χ3n) is 7.02. The Bertz CT molecular complexity index is 1400. The molecule has 0 spiro atoms. The summed E-state index contributed by atoms with van der Waals surface area (Å²) in [6, 6.07) is 5.14. The van der Waals surface area contributed by atoms with Crippen molar-refractivity contribution in [3.05, 3.63) is 76.4 Å². The molecule has 214 valence electrons. The van der Waals surface area contributed by atoms with Crippen LogP contribution in [0.1, 0.15) is 56.2 Å². The molecule has 2 amide bonds. The molecule has 2 N–H and O–H groups in total. The summed E-state index contributed by atoms with van der Waals surface area (Å²) in [4.78, 5) is 28.1. The lowest BCUT2D eigenvalue weighted by molar-refractivity contribution is -0.141. The number of halogens is 5. The number of hydrogen-bond donors (Lipinski definition) is 2. The van der Waals surface area contributed by atoms with Crippen LogP contribution in [0.15, 0.2) is 34.9 Å². The average Bonchev–Trinajstić information content (AvgIpc) is 3.52. The molecule has 3 aromatic rings. The molecule has 40 heavy (non-hydrogen) atoms. The van der Waals surface area contributed by atoms with Crippen molar-refractivity contribution in [3.8, 4) is 11.1 Å². The van der Waals surface area contributed by atoms with Gasteiger partial charge in [-0.25, -0.2) is 22.0 Å². The molecule has 2 heterocycles. The Balaban J connectivity index is 1.51. The molecule has 7 nitrogen and oxygen atoms in total. The molecule has 0 radical (unpaired) electrons. The van der Waals surface area contributed by atoms with E-state index in [1.807, 2.05) is 13.8 Å². The maximum atomic E-state index is 14.2. The van der Waals surface area contributed by atoms with Crippen LogP contribution in [0.4, 0.5) is 22.0 Å². The van der Waals surface area contributed by atoms with Crippen molar-refractivity contribution in [1.29, 1.82) is 0 Å². The first-order chi connectivity index (χ1) is 18.8. The van der Waals surface area contributed by atoms with Gasteiger partial charge < -0.3 is 19.8 Å². The average molecular weight is 566 g/mol. The first-order valence-corrected chi connectivity index (χ1v) is 12.7. The number of carbonyl (C=O) groups excluding carboxylic acids is 2. The first-order valence-electron chi connectivity index (χ1n) is 12.7. The van der Waals surface area contributed by atoms with Crippen LogP contribution in [0.5, 0.6) is 0 Å². The number of aryl methyl sites for hydroxylation is 1. The molecule has 1 aliphatic rings. The van der Waals surface area contributed by atoms with E-state index in [0.717, 1.165) is 0 Å². The molecule has 0 bridgehead atoms. The quantitative estimate of drug-likeness (QED) is 0.241. The molecule has 4 rings (SSSR count). The molecule has 1 saturated heterocycles. The second-order valence-electron chi connectivity index (χ2n) is 10.3. The molecule has 0 aliphatic carbocycles. The van der Waals surface area contributed by atoms with Crippen LogP contribution in [0, 0.1) is 41.9 Å². The normalized spacial score (nSPS) is 18.7. The van der Waals surface area contributed by atoms with Crippen LogP contribution >= 0.6 is 0 Å². The Morgan fingerprint density at radius 3 is 2.10 bits per heavy atom. The number of rotatable bonds is 7. The number of aliphatic hydroxyl groups is 1. The number of likely N-dealkylation sites (tertiary alicyclic amines) is 1. The highest BCUT2D eigenvalue weighted by molar-refractivity contribution is 5.91. The SMILES string of the molecule is Cc1cc([C@H](C(=O)N2C[C@H](O)C[C@H]2C(=O)N[C@@H](C)c2ccc(-c3c(F)c(F)c(F)c(F)c3F)cc2)C(C)C)on1. The van der Waals surface area contributed by atoms with E-state index < -0.39 is 64.7 Å². The maximum absolute atomic E-state index is 14.2. The largest absolute Gasteiger partial charge is 0.391 e. The van der Waals surface area contributed by atoms with Gasteiger partial charge >= 0.3 is 0 Å². The van der Waals surface area contributed by atoms with E-state index in [0.29, 0.717) is 17.0 Å². The van der Waals surface area contributed by atoms with E-state index in [-0.39, 0.29) is 30.4 Å². The van der Waals surface area contributed by atoms with E-state index in [1.54, 1.807) is 19.9 Å². The van der Waals surface area contributed by atoms with Gasteiger partial charge in [-0.3, -0.25) is 9.59 Å². The molecular formula is C28H28F5N3O4. The van der Waals surface area contributed by atoms with Crippen molar-refractivity contribution < 1.29 is 41.2 Å². The second kappa shape index (κ2) is 11.4. The number of β-amino-alcohol motifs (C(OH)–C–C–N with tert-alkyl or cyclic N) is 1. The van der Waals surface area contributed by atoms with E-state index in [9.17, 15) is 36.6 Å². The monoisotopic (exact) mass is 565 g/mol. The Morgan fingerprint density at radius 2 is 1.57 bits per heavy atom. The minimum Gasteiger partial charge on any atom is -0.391 e. The van der Waals surface area contributed by atoms with Gasteiger partial charge in [0, 0.05) is 19.0 Å². The van der Waals surface area contributed by atoms with Crippen LogP contribution < -0.4 is 5.32 Å². The molecule has 2 aromatic carbocycles. The number of hydrogen-bond acceptors (Lipinski definition) is 5. The Labute approximate surface area is 227 Å². The fraction of sp³-hybridized carbons (Fsp3) is 0.393. The summed E-state index contributed by atoms with van der Waals surface area (Å²) in [5.74, 6) is -11.7. The highest BCUT2D eigenvalue weighted by atomic mass is 19.2. The minimum absolute atomic E-state index is 0.0176. The number of amides is 2. The summed E-state index contributed by atoms with van der Waals surface area (Å²) in [7, 11) is 0. The lowest BCUT2D eigenvalue weighted by Gasteiger charge is -2.29. The lowest BCUT2D eigenvalue weighted by Crippen LogP contribution is -2.48. The van der Waals surface area contributed by atoms with Crippen LogP contribution in [-0.2, 0) is 9.59 Å². The third kappa shape index (κ3) is 5.45. The van der Waals surface area contributed by atoms with Gasteiger partial charge in [-0.15, -0.1) is 0 Å². The summed E-state index contributed by atoms with van der Waals surface area (Å²) in [5.41, 5.74) is -0.234. The molecule has 0 unspecified atom stereocenters. The molecule has 1 fully saturated rings. The predicted molar refractivity (Wildman–Crippen MR) is 133 cm³/mol. The van der Waals surface area contributed by atoms with Crippen molar-refractivity contribution in [2.24, 2.45) is 5.92 Å². The standard InChI is InChI=1S/C28H28F5N3O4/c1-12(2)20(19-9-13(3)35-40-19)28(39)36-11-17(37)10-18(36)27(38)34-14(4)15-5-7-16(8-6-15)21-22(29)24(31)26(33)25(32)23(21)30/h5-9,12,14,17-18,20,37H,10-11H2,1-4H3,(H,34,38)/t14-,17+,18-,20+/m0/s1. The summed E-state index contributed by atoms with van der Waals surface area (Å²) in [6.45, 7) is 6.97. The minimum atomic E-state index is -2.24. The molecule has 1 aliphatic heterocycles. The topological polar surface area (TPSA) is 95.7 Å². The van der Waals surface area contributed by atoms with Crippen LogP contribution in [0.2, 0.25) is 0 Å². The van der Waals surface area contributed by atoms with Gasteiger partial charge in [0.15, 0.2) is 23.3 Å². The van der Waals surface area contributed by atoms with Gasteiger partial charge in [-0.1, -0.05) is 43.3 Å². The first kappa shape index (κ1) is 29.2. The third-order valence-corrected chi connectivity index (χ3v) is 7.02. The van der Waals surface area contributed by atoms with Gasteiger partial charge in [0.2, 0.25) is 17.6 Å². The zero-order valence-electron chi connectivity index (χ0n) is 22.1. The molecule has 12 heteroatoms. The highest BCUT2D eigenvalue weighted by Gasteiger charge is 2.43. The summed E-state index contributed by atoms with van der Waals surface area (Å²) < 4.78 is 74.4. The van der Waals surface area contributed by atoms with E-state index in [2.05, 4.69) is 10.5 Å². The zero-order valence-corrected chi connectivity index (χ0v) is 22.1. The van der Waals surface area contributed by atoms with Crippen LogP contribution in [-0.4, -0.2) is 45.7 Å². The molecular weight excluding hydrogens is 537 g/mol. The number of aliphatic hydroxyl groups excluding tert-OH is 1. The van der Waals surface area contributed by atoms with E-state index >= 15 is 0 Å². The lowest BCUT2D eigenvalue weighted by atomic mass is 9.91. The van der Waals surface area contributed by atoms with Crippen molar-refractivity contribution in [2.45, 2.75) is 58.2 Å².